The fourth-order valence-electron chi connectivity index (χ4n) is 1.66. The molecule has 2 aromatic rings. The van der Waals surface area contributed by atoms with Crippen molar-refractivity contribution < 1.29 is 9.53 Å². The summed E-state index contributed by atoms with van der Waals surface area (Å²) in [5.41, 5.74) is 8.59. The number of hydrogen-bond acceptors (Lipinski definition) is 3. The topological polar surface area (TPSA) is 52.3 Å². The van der Waals surface area contributed by atoms with E-state index in [0.717, 1.165) is 11.1 Å². The number of hydrogen-bond donors (Lipinski definition) is 1. The smallest absolute Gasteiger partial charge is 0.340 e. The van der Waals surface area contributed by atoms with Gasteiger partial charge in [-0.3, -0.25) is 0 Å². The molecule has 0 atom stereocenters. The lowest BCUT2D eigenvalue weighted by Gasteiger charge is -2.08. The summed E-state index contributed by atoms with van der Waals surface area (Å²) < 4.78 is 5.23. The van der Waals surface area contributed by atoms with Gasteiger partial charge in [-0.1, -0.05) is 42.5 Å². The molecule has 0 amide bonds. The molecular formula is C15H15NO2. The van der Waals surface area contributed by atoms with Crippen LogP contribution >= 0.6 is 0 Å². The van der Waals surface area contributed by atoms with E-state index in [-0.39, 0.29) is 12.6 Å². The normalized spacial score (nSPS) is 10.1. The van der Waals surface area contributed by atoms with Crippen LogP contribution in [-0.2, 0) is 11.3 Å². The highest BCUT2D eigenvalue weighted by atomic mass is 16.5. The first kappa shape index (κ1) is 12.2. The van der Waals surface area contributed by atoms with Crippen LogP contribution in [-0.4, -0.2) is 5.97 Å². The number of nitrogens with two attached hydrogens (primary N) is 1. The largest absolute Gasteiger partial charge is 0.457 e. The summed E-state index contributed by atoms with van der Waals surface area (Å²) in [6, 6.07) is 14.9. The molecule has 0 aliphatic rings. The van der Waals surface area contributed by atoms with Crippen LogP contribution in [0.5, 0.6) is 0 Å². The molecule has 92 valence electrons. The molecule has 3 heteroatoms. The first-order valence-electron chi connectivity index (χ1n) is 5.74. The van der Waals surface area contributed by atoms with Crippen LogP contribution in [0.4, 0.5) is 5.69 Å². The summed E-state index contributed by atoms with van der Waals surface area (Å²) in [5, 5.41) is 0. The summed E-state index contributed by atoms with van der Waals surface area (Å²) in [7, 11) is 0. The number of esters is 1. The summed E-state index contributed by atoms with van der Waals surface area (Å²) >= 11 is 0. The van der Waals surface area contributed by atoms with Crippen LogP contribution in [0.15, 0.2) is 48.5 Å². The molecule has 0 aliphatic heterocycles. The third kappa shape index (κ3) is 2.69. The van der Waals surface area contributed by atoms with Gasteiger partial charge in [0.15, 0.2) is 0 Å². The number of nitrogen functional groups attached to an aromatic ring is 1. The molecule has 0 radical (unpaired) electrons. The van der Waals surface area contributed by atoms with Crippen molar-refractivity contribution in [2.45, 2.75) is 13.5 Å². The number of carbonyl (C=O) groups is 1. The number of carbonyl (C=O) groups excluding carboxylic acids is 1. The maximum absolute atomic E-state index is 11.9. The number of ether oxygens (including phenoxy) is 1. The Kier molecular flexibility index (Phi) is 3.63. The Morgan fingerprint density at radius 3 is 2.56 bits per heavy atom. The number of rotatable bonds is 3. The second kappa shape index (κ2) is 5.36. The van der Waals surface area contributed by atoms with Crippen molar-refractivity contribution in [3.05, 3.63) is 65.2 Å². The van der Waals surface area contributed by atoms with E-state index in [1.165, 1.54) is 0 Å². The molecule has 0 saturated carbocycles. The second-order valence-corrected chi connectivity index (χ2v) is 4.10. The van der Waals surface area contributed by atoms with Gasteiger partial charge in [-0.05, 0) is 24.1 Å². The molecule has 0 spiro atoms. The monoisotopic (exact) mass is 241 g/mol. The molecule has 0 bridgehead atoms. The maximum Gasteiger partial charge on any atom is 0.340 e. The minimum Gasteiger partial charge on any atom is -0.457 e. The van der Waals surface area contributed by atoms with Gasteiger partial charge >= 0.3 is 5.97 Å². The van der Waals surface area contributed by atoms with Crippen LogP contribution < -0.4 is 5.73 Å². The van der Waals surface area contributed by atoms with Crippen molar-refractivity contribution in [3.63, 3.8) is 0 Å². The van der Waals surface area contributed by atoms with Crippen LogP contribution in [0.2, 0.25) is 0 Å². The predicted octanol–water partition coefficient (Wildman–Crippen LogP) is 2.93. The van der Waals surface area contributed by atoms with Crippen molar-refractivity contribution in [2.24, 2.45) is 0 Å². The van der Waals surface area contributed by atoms with E-state index in [1.54, 1.807) is 12.1 Å². The van der Waals surface area contributed by atoms with Gasteiger partial charge < -0.3 is 10.5 Å². The highest BCUT2D eigenvalue weighted by Gasteiger charge is 2.12. The van der Waals surface area contributed by atoms with Crippen LogP contribution in [0, 0.1) is 6.92 Å². The van der Waals surface area contributed by atoms with Crippen molar-refractivity contribution in [1.29, 1.82) is 0 Å². The Bertz CT molecular complexity index is 550. The molecule has 0 fully saturated rings. The van der Waals surface area contributed by atoms with E-state index in [1.807, 2.05) is 43.3 Å². The van der Waals surface area contributed by atoms with Crippen molar-refractivity contribution >= 4 is 11.7 Å². The maximum atomic E-state index is 11.9. The first-order chi connectivity index (χ1) is 8.68. The fraction of sp³-hybridized carbons (Fsp3) is 0.133. The van der Waals surface area contributed by atoms with Gasteiger partial charge in [-0.15, -0.1) is 0 Å². The van der Waals surface area contributed by atoms with Gasteiger partial charge in [-0.2, -0.15) is 0 Å². The fourth-order valence-corrected chi connectivity index (χ4v) is 1.66. The molecule has 0 aromatic heterocycles. The Balaban J connectivity index is 2.07. The number of anilines is 1. The third-order valence-electron chi connectivity index (χ3n) is 2.76. The van der Waals surface area contributed by atoms with E-state index in [4.69, 9.17) is 10.5 Å². The first-order valence-corrected chi connectivity index (χ1v) is 5.74. The average molecular weight is 241 g/mol. The van der Waals surface area contributed by atoms with Gasteiger partial charge in [0, 0.05) is 5.69 Å². The lowest BCUT2D eigenvalue weighted by Crippen LogP contribution is -2.09. The molecule has 0 saturated heterocycles. The zero-order valence-electron chi connectivity index (χ0n) is 10.2. The van der Waals surface area contributed by atoms with Gasteiger partial charge in [0.2, 0.25) is 0 Å². The zero-order valence-corrected chi connectivity index (χ0v) is 10.2. The molecular weight excluding hydrogens is 226 g/mol. The highest BCUT2D eigenvalue weighted by Crippen LogP contribution is 2.17. The molecule has 2 rings (SSSR count). The van der Waals surface area contributed by atoms with Crippen LogP contribution in [0.3, 0.4) is 0 Å². The van der Waals surface area contributed by atoms with Crippen molar-refractivity contribution in [2.75, 3.05) is 5.73 Å². The SMILES string of the molecule is Cc1cccc(C(=O)OCc2ccccc2)c1N. The number of aryl methyl sites for hydroxylation is 1. The molecule has 0 heterocycles. The Labute approximate surface area is 106 Å². The van der Waals surface area contributed by atoms with Crippen molar-refractivity contribution in [3.8, 4) is 0 Å². The van der Waals surface area contributed by atoms with Gasteiger partial charge in [0.25, 0.3) is 0 Å². The minimum atomic E-state index is -0.389. The summed E-state index contributed by atoms with van der Waals surface area (Å²) in [5.74, 6) is -0.389. The number of benzene rings is 2. The van der Waals surface area contributed by atoms with Crippen LogP contribution in [0.25, 0.3) is 0 Å². The van der Waals surface area contributed by atoms with Gasteiger partial charge in [0.05, 0.1) is 5.56 Å². The minimum absolute atomic E-state index is 0.257. The second-order valence-electron chi connectivity index (χ2n) is 4.10. The van der Waals surface area contributed by atoms with Crippen LogP contribution in [0.1, 0.15) is 21.5 Å². The molecule has 2 aromatic carbocycles. The highest BCUT2D eigenvalue weighted by molar-refractivity contribution is 5.95. The van der Waals surface area contributed by atoms with Gasteiger partial charge in [0.1, 0.15) is 6.61 Å². The summed E-state index contributed by atoms with van der Waals surface area (Å²) in [6.07, 6.45) is 0. The van der Waals surface area contributed by atoms with Gasteiger partial charge in [-0.25, -0.2) is 4.79 Å². The van der Waals surface area contributed by atoms with E-state index in [0.29, 0.717) is 11.3 Å². The Hall–Kier alpha value is -2.29. The molecule has 2 N–H and O–H groups in total. The zero-order chi connectivity index (χ0) is 13.0. The Morgan fingerprint density at radius 2 is 1.83 bits per heavy atom. The summed E-state index contributed by atoms with van der Waals surface area (Å²) in [6.45, 7) is 2.12. The Morgan fingerprint density at radius 1 is 1.11 bits per heavy atom. The van der Waals surface area contributed by atoms with Crippen molar-refractivity contribution in [1.82, 2.24) is 0 Å². The van der Waals surface area contributed by atoms with E-state index >= 15 is 0 Å². The van der Waals surface area contributed by atoms with E-state index in [2.05, 4.69) is 0 Å². The third-order valence-corrected chi connectivity index (χ3v) is 2.76. The lowest BCUT2D eigenvalue weighted by molar-refractivity contribution is 0.0474. The molecule has 0 aliphatic carbocycles. The summed E-state index contributed by atoms with van der Waals surface area (Å²) in [4.78, 5) is 11.9. The number of para-hydroxylation sites is 1. The lowest BCUT2D eigenvalue weighted by atomic mass is 10.1. The molecule has 3 nitrogen and oxygen atoms in total. The van der Waals surface area contributed by atoms with E-state index in [9.17, 15) is 4.79 Å². The molecule has 18 heavy (non-hydrogen) atoms. The quantitative estimate of drug-likeness (QED) is 0.664. The average Bonchev–Trinajstić information content (AvgIpc) is 2.40. The van der Waals surface area contributed by atoms with E-state index < -0.39 is 0 Å². The standard InChI is InChI=1S/C15H15NO2/c1-11-6-5-9-13(14(11)16)15(17)18-10-12-7-3-2-4-8-12/h2-9H,10,16H2,1H3. The molecule has 0 unspecified atom stereocenters. The predicted molar refractivity (Wildman–Crippen MR) is 71.2 cm³/mol.